The van der Waals surface area contributed by atoms with Crippen LogP contribution in [-0.4, -0.2) is 38.7 Å². The third-order valence-electron chi connectivity index (χ3n) is 4.96. The number of carbonyl (C=O) groups excluding carboxylic acids is 1. The largest absolute Gasteiger partial charge is 0.496 e. The number of nitrogens with zero attached hydrogens (tertiary/aromatic N) is 1. The maximum absolute atomic E-state index is 13.1. The van der Waals surface area contributed by atoms with E-state index in [1.54, 1.807) is 21.3 Å². The Hall–Kier alpha value is -2.69. The smallest absolute Gasteiger partial charge is 0.254 e. The summed E-state index contributed by atoms with van der Waals surface area (Å²) in [5.74, 6) is 2.13. The van der Waals surface area contributed by atoms with Crippen molar-refractivity contribution in [1.82, 2.24) is 4.90 Å². The van der Waals surface area contributed by atoms with Crippen LogP contribution in [0, 0.1) is 6.92 Å². The normalized spacial score (nSPS) is 16.5. The predicted octanol–water partition coefficient (Wildman–Crippen LogP) is 4.00. The molecular weight excluding hydrogens is 330 g/mol. The maximum Gasteiger partial charge on any atom is 0.254 e. The lowest BCUT2D eigenvalue weighted by Gasteiger charge is -2.26. The summed E-state index contributed by atoms with van der Waals surface area (Å²) < 4.78 is 16.1. The Morgan fingerprint density at radius 1 is 0.962 bits per heavy atom. The number of ether oxygens (including phenoxy) is 3. The van der Waals surface area contributed by atoms with Crippen LogP contribution in [0.25, 0.3) is 0 Å². The molecule has 26 heavy (non-hydrogen) atoms. The summed E-state index contributed by atoms with van der Waals surface area (Å²) in [7, 11) is 4.87. The summed E-state index contributed by atoms with van der Waals surface area (Å²) in [6.07, 6.45) is 1.91. The molecule has 2 aromatic carbocycles. The van der Waals surface area contributed by atoms with Gasteiger partial charge in [-0.3, -0.25) is 4.79 Å². The molecule has 0 radical (unpaired) electrons. The molecule has 1 saturated heterocycles. The SMILES string of the molecule is COc1cc(C(=O)N2CCC[C@H]2c2ccc(OC)c(OC)c2)ccc1C. The van der Waals surface area contributed by atoms with Gasteiger partial charge in [-0.2, -0.15) is 0 Å². The average molecular weight is 355 g/mol. The lowest BCUT2D eigenvalue weighted by molar-refractivity contribution is 0.0735. The van der Waals surface area contributed by atoms with Gasteiger partial charge >= 0.3 is 0 Å². The van der Waals surface area contributed by atoms with Crippen LogP contribution < -0.4 is 14.2 Å². The molecule has 0 unspecified atom stereocenters. The van der Waals surface area contributed by atoms with Crippen LogP contribution in [0.2, 0.25) is 0 Å². The van der Waals surface area contributed by atoms with Crippen molar-refractivity contribution in [3.63, 3.8) is 0 Å². The van der Waals surface area contributed by atoms with Crippen molar-refractivity contribution in [3.05, 3.63) is 53.1 Å². The van der Waals surface area contributed by atoms with Gasteiger partial charge < -0.3 is 19.1 Å². The summed E-state index contributed by atoms with van der Waals surface area (Å²) in [6, 6.07) is 11.5. The maximum atomic E-state index is 13.1. The standard InChI is InChI=1S/C21H25NO4/c1-14-7-8-16(13-19(14)25-3)21(23)22-11-5-6-17(22)15-9-10-18(24-2)20(12-15)26-4/h7-10,12-13,17H,5-6,11H2,1-4H3/t17-/m0/s1. The first kappa shape index (κ1) is 18.1. The fourth-order valence-electron chi connectivity index (χ4n) is 3.54. The monoisotopic (exact) mass is 355 g/mol. The predicted molar refractivity (Wildman–Crippen MR) is 100 cm³/mol. The first-order chi connectivity index (χ1) is 12.6. The van der Waals surface area contributed by atoms with E-state index in [1.807, 2.05) is 48.2 Å². The molecule has 1 aliphatic heterocycles. The Morgan fingerprint density at radius 3 is 2.38 bits per heavy atom. The van der Waals surface area contributed by atoms with Gasteiger partial charge in [0.2, 0.25) is 0 Å². The first-order valence-corrected chi connectivity index (χ1v) is 8.76. The third-order valence-corrected chi connectivity index (χ3v) is 4.96. The molecule has 138 valence electrons. The van der Waals surface area contributed by atoms with Gasteiger partial charge in [0.25, 0.3) is 5.91 Å². The summed E-state index contributed by atoms with van der Waals surface area (Å²) in [5, 5.41) is 0. The molecular formula is C21H25NO4. The molecule has 3 rings (SSSR count). The van der Waals surface area contributed by atoms with E-state index < -0.39 is 0 Å². The van der Waals surface area contributed by atoms with Crippen molar-refractivity contribution >= 4 is 5.91 Å². The molecule has 0 spiro atoms. The van der Waals surface area contributed by atoms with E-state index >= 15 is 0 Å². The highest BCUT2D eigenvalue weighted by Crippen LogP contribution is 2.37. The van der Waals surface area contributed by atoms with Gasteiger partial charge in [-0.1, -0.05) is 12.1 Å². The van der Waals surface area contributed by atoms with Gasteiger partial charge in [-0.25, -0.2) is 0 Å². The summed E-state index contributed by atoms with van der Waals surface area (Å²) in [4.78, 5) is 15.0. The van der Waals surface area contributed by atoms with Gasteiger partial charge in [-0.15, -0.1) is 0 Å². The summed E-state index contributed by atoms with van der Waals surface area (Å²) in [6.45, 7) is 2.71. The zero-order valence-electron chi connectivity index (χ0n) is 15.7. The van der Waals surface area contributed by atoms with E-state index in [0.29, 0.717) is 17.1 Å². The Bertz CT molecular complexity index is 803. The van der Waals surface area contributed by atoms with Crippen molar-refractivity contribution in [2.24, 2.45) is 0 Å². The Kier molecular flexibility index (Phi) is 5.35. The highest BCUT2D eigenvalue weighted by Gasteiger charge is 2.31. The number of likely N-dealkylation sites (tertiary alicyclic amines) is 1. The second kappa shape index (κ2) is 7.68. The minimum Gasteiger partial charge on any atom is -0.496 e. The zero-order chi connectivity index (χ0) is 18.7. The van der Waals surface area contributed by atoms with Gasteiger partial charge in [0.1, 0.15) is 5.75 Å². The van der Waals surface area contributed by atoms with Crippen molar-refractivity contribution in [3.8, 4) is 17.2 Å². The van der Waals surface area contributed by atoms with Crippen LogP contribution >= 0.6 is 0 Å². The van der Waals surface area contributed by atoms with Gasteiger partial charge in [-0.05, 0) is 55.2 Å². The Morgan fingerprint density at radius 2 is 1.69 bits per heavy atom. The fraction of sp³-hybridized carbons (Fsp3) is 0.381. The van der Waals surface area contributed by atoms with Crippen molar-refractivity contribution in [2.45, 2.75) is 25.8 Å². The minimum atomic E-state index is 0.0283. The summed E-state index contributed by atoms with van der Waals surface area (Å²) in [5.41, 5.74) is 2.73. The molecule has 0 N–H and O–H groups in total. The second-order valence-electron chi connectivity index (χ2n) is 6.46. The number of benzene rings is 2. The van der Waals surface area contributed by atoms with Crippen molar-refractivity contribution < 1.29 is 19.0 Å². The van der Waals surface area contributed by atoms with E-state index in [2.05, 4.69) is 0 Å². The topological polar surface area (TPSA) is 48.0 Å². The molecule has 1 amide bonds. The number of hydrogen-bond donors (Lipinski definition) is 0. The molecule has 0 saturated carbocycles. The van der Waals surface area contributed by atoms with Crippen LogP contribution in [-0.2, 0) is 0 Å². The molecule has 0 aliphatic carbocycles. The lowest BCUT2D eigenvalue weighted by Crippen LogP contribution is -2.30. The van der Waals surface area contributed by atoms with E-state index in [9.17, 15) is 4.79 Å². The molecule has 1 aliphatic rings. The molecule has 1 heterocycles. The van der Waals surface area contributed by atoms with Gasteiger partial charge in [0.05, 0.1) is 27.4 Å². The van der Waals surface area contributed by atoms with Crippen LogP contribution in [0.5, 0.6) is 17.2 Å². The summed E-state index contributed by atoms with van der Waals surface area (Å²) >= 11 is 0. The first-order valence-electron chi connectivity index (χ1n) is 8.76. The highest BCUT2D eigenvalue weighted by molar-refractivity contribution is 5.95. The molecule has 0 bridgehead atoms. The van der Waals surface area contributed by atoms with E-state index in [0.717, 1.165) is 36.3 Å². The number of methoxy groups -OCH3 is 3. The molecule has 2 aromatic rings. The number of carbonyl (C=O) groups is 1. The third kappa shape index (κ3) is 3.34. The van der Waals surface area contributed by atoms with Crippen LogP contribution in [0.15, 0.2) is 36.4 Å². The Labute approximate surface area is 154 Å². The molecule has 5 heteroatoms. The van der Waals surface area contributed by atoms with Gasteiger partial charge in [0.15, 0.2) is 11.5 Å². The van der Waals surface area contributed by atoms with Crippen LogP contribution in [0.1, 0.15) is 40.4 Å². The Balaban J connectivity index is 1.89. The molecule has 5 nitrogen and oxygen atoms in total. The highest BCUT2D eigenvalue weighted by atomic mass is 16.5. The van der Waals surface area contributed by atoms with Crippen molar-refractivity contribution in [1.29, 1.82) is 0 Å². The molecule has 1 atom stereocenters. The number of aryl methyl sites for hydroxylation is 1. The average Bonchev–Trinajstić information content (AvgIpc) is 3.17. The number of hydrogen-bond acceptors (Lipinski definition) is 4. The quantitative estimate of drug-likeness (QED) is 0.813. The minimum absolute atomic E-state index is 0.0283. The zero-order valence-corrected chi connectivity index (χ0v) is 15.7. The number of rotatable bonds is 5. The molecule has 1 fully saturated rings. The van der Waals surface area contributed by atoms with E-state index in [4.69, 9.17) is 14.2 Å². The van der Waals surface area contributed by atoms with Gasteiger partial charge in [0, 0.05) is 12.1 Å². The number of amides is 1. The van der Waals surface area contributed by atoms with E-state index in [1.165, 1.54) is 0 Å². The van der Waals surface area contributed by atoms with Crippen LogP contribution in [0.3, 0.4) is 0 Å². The second-order valence-corrected chi connectivity index (χ2v) is 6.46. The lowest BCUT2D eigenvalue weighted by atomic mass is 10.0. The molecule has 0 aromatic heterocycles. The van der Waals surface area contributed by atoms with E-state index in [-0.39, 0.29) is 11.9 Å². The fourth-order valence-corrected chi connectivity index (χ4v) is 3.54. The van der Waals surface area contributed by atoms with Crippen LogP contribution in [0.4, 0.5) is 0 Å². The van der Waals surface area contributed by atoms with Crippen molar-refractivity contribution in [2.75, 3.05) is 27.9 Å².